The zero-order valence-electron chi connectivity index (χ0n) is 13.8. The van der Waals surface area contributed by atoms with Crippen molar-refractivity contribution in [1.29, 1.82) is 0 Å². The molecule has 0 aliphatic carbocycles. The van der Waals surface area contributed by atoms with E-state index in [9.17, 15) is 18.0 Å². The molecule has 0 aliphatic rings. The van der Waals surface area contributed by atoms with E-state index >= 15 is 0 Å². The molecule has 0 fully saturated rings. The van der Waals surface area contributed by atoms with Crippen LogP contribution in [0.1, 0.15) is 18.6 Å². The van der Waals surface area contributed by atoms with Crippen molar-refractivity contribution in [2.75, 3.05) is 10.0 Å². The van der Waals surface area contributed by atoms with Gasteiger partial charge in [-0.2, -0.15) is 0 Å². The Labute approximate surface area is 149 Å². The summed E-state index contributed by atoms with van der Waals surface area (Å²) in [6.45, 7) is 1.63. The number of aliphatic carboxylic acids is 1. The van der Waals surface area contributed by atoms with Gasteiger partial charge < -0.3 is 20.7 Å². The van der Waals surface area contributed by atoms with Crippen molar-refractivity contribution in [3.8, 4) is 0 Å². The number of benzene rings is 1. The standard InChI is InChI=1S/C15H18N4O6S/c1-9-8-13(18-25-9)19-26(23,24)11-4-2-10(3-5-11)17-14(20)7-6-12(16)15(21)22/h2-5,8,12H,6-7,16H2,1H3,(H,17,20)(H,18,19)(H,21,22)/t12-/m0/s1. The Kier molecular flexibility index (Phi) is 5.95. The van der Waals surface area contributed by atoms with E-state index in [1.165, 1.54) is 30.3 Å². The maximum atomic E-state index is 12.2. The second-order valence-corrected chi connectivity index (χ2v) is 7.17. The molecule has 0 unspecified atom stereocenters. The molecule has 1 atom stereocenters. The number of amides is 1. The number of carbonyl (C=O) groups excluding carboxylic acids is 1. The molecule has 5 N–H and O–H groups in total. The average molecular weight is 382 g/mol. The fourth-order valence-electron chi connectivity index (χ4n) is 1.96. The van der Waals surface area contributed by atoms with E-state index in [1.54, 1.807) is 6.92 Å². The second kappa shape index (κ2) is 7.97. The van der Waals surface area contributed by atoms with Crippen LogP contribution in [0.25, 0.3) is 0 Å². The summed E-state index contributed by atoms with van der Waals surface area (Å²) in [5.41, 5.74) is 5.70. The maximum absolute atomic E-state index is 12.2. The SMILES string of the molecule is Cc1cc(NS(=O)(=O)c2ccc(NC(=O)CC[C@H](N)C(=O)O)cc2)no1. The topological polar surface area (TPSA) is 165 Å². The molecule has 0 radical (unpaired) electrons. The minimum atomic E-state index is -3.84. The smallest absolute Gasteiger partial charge is 0.320 e. The van der Waals surface area contributed by atoms with Gasteiger partial charge in [-0.15, -0.1) is 0 Å². The summed E-state index contributed by atoms with van der Waals surface area (Å²) >= 11 is 0. The van der Waals surface area contributed by atoms with Gasteiger partial charge in [0.1, 0.15) is 11.8 Å². The number of carbonyl (C=O) groups is 2. The van der Waals surface area contributed by atoms with Gasteiger partial charge in [0.15, 0.2) is 5.82 Å². The highest BCUT2D eigenvalue weighted by Gasteiger charge is 2.17. The fourth-order valence-corrected chi connectivity index (χ4v) is 2.95. The largest absolute Gasteiger partial charge is 0.480 e. The van der Waals surface area contributed by atoms with Crippen molar-refractivity contribution >= 4 is 33.4 Å². The van der Waals surface area contributed by atoms with Crippen LogP contribution < -0.4 is 15.8 Å². The Hall–Kier alpha value is -2.92. The molecular weight excluding hydrogens is 364 g/mol. The third-order valence-corrected chi connectivity index (χ3v) is 4.69. The number of carboxylic acids is 1. The fraction of sp³-hybridized carbons (Fsp3) is 0.267. The van der Waals surface area contributed by atoms with Crippen LogP contribution in [0.4, 0.5) is 11.5 Å². The van der Waals surface area contributed by atoms with E-state index < -0.39 is 27.9 Å². The Morgan fingerprint density at radius 2 is 1.96 bits per heavy atom. The number of anilines is 2. The van der Waals surface area contributed by atoms with Crippen LogP contribution >= 0.6 is 0 Å². The molecule has 0 spiro atoms. The molecule has 140 valence electrons. The summed E-state index contributed by atoms with van der Waals surface area (Å²) in [5.74, 6) is -1.08. The van der Waals surface area contributed by atoms with Crippen LogP contribution in [0.15, 0.2) is 39.8 Å². The van der Waals surface area contributed by atoms with Gasteiger partial charge in [-0.3, -0.25) is 14.3 Å². The monoisotopic (exact) mass is 382 g/mol. The van der Waals surface area contributed by atoms with Crippen LogP contribution in [-0.4, -0.2) is 36.6 Å². The highest BCUT2D eigenvalue weighted by atomic mass is 32.2. The molecule has 2 rings (SSSR count). The van der Waals surface area contributed by atoms with Crippen molar-refractivity contribution in [3.05, 3.63) is 36.1 Å². The Balaban J connectivity index is 1.97. The molecule has 1 heterocycles. The second-order valence-electron chi connectivity index (χ2n) is 5.48. The third-order valence-electron chi connectivity index (χ3n) is 3.31. The summed E-state index contributed by atoms with van der Waals surface area (Å²) in [5, 5.41) is 14.8. The summed E-state index contributed by atoms with van der Waals surface area (Å²) in [6.07, 6.45) is -0.0742. The maximum Gasteiger partial charge on any atom is 0.320 e. The van der Waals surface area contributed by atoms with Gasteiger partial charge >= 0.3 is 5.97 Å². The molecule has 26 heavy (non-hydrogen) atoms. The van der Waals surface area contributed by atoms with Gasteiger partial charge in [0.2, 0.25) is 5.91 Å². The highest BCUT2D eigenvalue weighted by Crippen LogP contribution is 2.18. The molecule has 1 aromatic heterocycles. The van der Waals surface area contributed by atoms with Crippen molar-refractivity contribution in [2.45, 2.75) is 30.7 Å². The van der Waals surface area contributed by atoms with Crippen LogP contribution in [0.2, 0.25) is 0 Å². The van der Waals surface area contributed by atoms with Gasteiger partial charge in [-0.05, 0) is 37.6 Å². The number of hydrogen-bond acceptors (Lipinski definition) is 7. The van der Waals surface area contributed by atoms with E-state index in [0.717, 1.165) is 0 Å². The lowest BCUT2D eigenvalue weighted by molar-refractivity contribution is -0.138. The molecule has 0 saturated carbocycles. The molecule has 2 aromatic rings. The Bertz CT molecular complexity index is 891. The van der Waals surface area contributed by atoms with Crippen LogP contribution in [0, 0.1) is 6.92 Å². The first-order valence-electron chi connectivity index (χ1n) is 7.52. The molecule has 11 heteroatoms. The first-order valence-corrected chi connectivity index (χ1v) is 9.00. The lowest BCUT2D eigenvalue weighted by Gasteiger charge is -2.09. The minimum absolute atomic E-state index is 0.00529. The van der Waals surface area contributed by atoms with E-state index in [1.807, 2.05) is 0 Å². The molecule has 0 saturated heterocycles. The molecular formula is C15H18N4O6S. The summed E-state index contributed by atoms with van der Waals surface area (Å²) in [6, 6.07) is 5.78. The number of hydrogen-bond donors (Lipinski definition) is 4. The van der Waals surface area contributed by atoms with Crippen molar-refractivity contribution in [3.63, 3.8) is 0 Å². The van der Waals surface area contributed by atoms with Gasteiger partial charge in [-0.1, -0.05) is 5.16 Å². The quantitative estimate of drug-likeness (QED) is 0.523. The van der Waals surface area contributed by atoms with E-state index in [4.69, 9.17) is 15.4 Å². The van der Waals surface area contributed by atoms with Gasteiger partial charge in [-0.25, -0.2) is 8.42 Å². The van der Waals surface area contributed by atoms with Crippen LogP contribution in [0.5, 0.6) is 0 Å². The van der Waals surface area contributed by atoms with Crippen molar-refractivity contribution < 1.29 is 27.6 Å². The van der Waals surface area contributed by atoms with E-state index in [0.29, 0.717) is 11.4 Å². The van der Waals surface area contributed by atoms with Gasteiger partial charge in [0.25, 0.3) is 10.0 Å². The number of rotatable bonds is 8. The first kappa shape index (κ1) is 19.4. The van der Waals surface area contributed by atoms with Crippen molar-refractivity contribution in [1.82, 2.24) is 5.16 Å². The lowest BCUT2D eigenvalue weighted by atomic mass is 10.1. The highest BCUT2D eigenvalue weighted by molar-refractivity contribution is 7.92. The van der Waals surface area contributed by atoms with Crippen LogP contribution in [-0.2, 0) is 19.6 Å². The number of nitrogens with one attached hydrogen (secondary N) is 2. The summed E-state index contributed by atoms with van der Waals surface area (Å²) in [4.78, 5) is 22.3. The Morgan fingerprint density at radius 1 is 1.31 bits per heavy atom. The minimum Gasteiger partial charge on any atom is -0.480 e. The summed E-state index contributed by atoms with van der Waals surface area (Å²) in [7, 11) is -3.84. The third kappa shape index (κ3) is 5.29. The molecule has 1 amide bonds. The number of aromatic nitrogens is 1. The zero-order chi connectivity index (χ0) is 19.3. The van der Waals surface area contributed by atoms with E-state index in [2.05, 4.69) is 15.2 Å². The number of carboxylic acid groups (broad SMARTS) is 1. The first-order chi connectivity index (χ1) is 12.2. The van der Waals surface area contributed by atoms with E-state index in [-0.39, 0.29) is 23.6 Å². The number of nitrogens with zero attached hydrogens (tertiary/aromatic N) is 1. The predicted octanol–water partition coefficient (Wildman–Crippen LogP) is 0.914. The molecule has 10 nitrogen and oxygen atoms in total. The molecule has 1 aromatic carbocycles. The molecule has 0 bridgehead atoms. The average Bonchev–Trinajstić information content (AvgIpc) is 2.97. The van der Waals surface area contributed by atoms with Crippen LogP contribution in [0.3, 0.4) is 0 Å². The normalized spacial score (nSPS) is 12.4. The Morgan fingerprint density at radius 3 is 2.50 bits per heavy atom. The summed E-state index contributed by atoms with van der Waals surface area (Å²) < 4.78 is 31.5. The number of aryl methyl sites for hydroxylation is 1. The molecule has 0 aliphatic heterocycles. The van der Waals surface area contributed by atoms with Gasteiger partial charge in [0.05, 0.1) is 4.90 Å². The number of nitrogens with two attached hydrogens (primary N) is 1. The lowest BCUT2D eigenvalue weighted by Crippen LogP contribution is -2.31. The van der Waals surface area contributed by atoms with Gasteiger partial charge in [0, 0.05) is 18.2 Å². The zero-order valence-corrected chi connectivity index (χ0v) is 14.6. The number of sulfonamides is 1. The van der Waals surface area contributed by atoms with Crippen molar-refractivity contribution in [2.24, 2.45) is 5.73 Å². The predicted molar refractivity (Wildman–Crippen MR) is 92.0 cm³/mol.